The predicted octanol–water partition coefficient (Wildman–Crippen LogP) is 3.18. The van der Waals surface area contributed by atoms with Gasteiger partial charge in [0.15, 0.2) is 11.5 Å². The number of non-ortho nitro benzene ring substituents is 1. The highest BCUT2D eigenvalue weighted by molar-refractivity contribution is 7.93. The summed E-state index contributed by atoms with van der Waals surface area (Å²) in [5.74, 6) is -0.981. The highest BCUT2D eigenvalue weighted by Gasteiger charge is 2.25. The Kier molecular flexibility index (Phi) is 6.57. The third-order valence-corrected chi connectivity index (χ3v) is 6.38. The van der Waals surface area contributed by atoms with Crippen LogP contribution in [0.4, 0.5) is 22.7 Å². The lowest BCUT2D eigenvalue weighted by molar-refractivity contribution is -0.385. The minimum absolute atomic E-state index is 0.00146. The number of nitro benzene ring substituents is 2. The summed E-state index contributed by atoms with van der Waals surface area (Å²) in [4.78, 5) is 32.0. The SMILES string of the molecule is O=C(O)c1ccccc1NS(=O)(=O)c1cc([N+](=O)[O-])ccc1N/N=C/c1cc2c(cc1[N+](=O)[O-])OCO2. The Bertz CT molecular complexity index is 1570. The first-order valence-corrected chi connectivity index (χ1v) is 11.6. The summed E-state index contributed by atoms with van der Waals surface area (Å²) in [6.07, 6.45) is 1.03. The molecule has 0 spiro atoms. The topological polar surface area (TPSA) is 213 Å². The molecule has 0 atom stereocenters. The van der Waals surface area contributed by atoms with E-state index in [1.807, 2.05) is 0 Å². The average Bonchev–Trinajstić information content (AvgIpc) is 3.31. The summed E-state index contributed by atoms with van der Waals surface area (Å²) < 4.78 is 38.7. The third-order valence-electron chi connectivity index (χ3n) is 4.97. The minimum Gasteiger partial charge on any atom is -0.478 e. The normalized spacial score (nSPS) is 12.3. The van der Waals surface area contributed by atoms with E-state index in [9.17, 15) is 38.5 Å². The van der Waals surface area contributed by atoms with Gasteiger partial charge in [-0.25, -0.2) is 13.2 Å². The highest BCUT2D eigenvalue weighted by atomic mass is 32.2. The van der Waals surface area contributed by atoms with Crippen LogP contribution >= 0.6 is 0 Å². The van der Waals surface area contributed by atoms with Crippen LogP contribution < -0.4 is 19.6 Å². The summed E-state index contributed by atoms with van der Waals surface area (Å²) in [5.41, 5.74) is 0.634. The van der Waals surface area contributed by atoms with E-state index >= 15 is 0 Å². The number of benzene rings is 3. The van der Waals surface area contributed by atoms with E-state index in [4.69, 9.17) is 9.47 Å². The summed E-state index contributed by atoms with van der Waals surface area (Å²) in [6.45, 7) is -0.118. The zero-order valence-electron chi connectivity index (χ0n) is 18.4. The van der Waals surface area contributed by atoms with Crippen molar-refractivity contribution in [2.45, 2.75) is 4.90 Å². The number of hydrogen-bond acceptors (Lipinski definition) is 11. The van der Waals surface area contributed by atoms with Crippen molar-refractivity contribution < 1.29 is 37.6 Å². The molecule has 0 bridgehead atoms. The number of fused-ring (bicyclic) bond motifs is 1. The second-order valence-corrected chi connectivity index (χ2v) is 8.94. The van der Waals surface area contributed by atoms with Crippen LogP contribution in [0.5, 0.6) is 11.5 Å². The molecular weight excluding hydrogens is 514 g/mol. The van der Waals surface area contributed by atoms with Gasteiger partial charge in [-0.2, -0.15) is 5.10 Å². The number of ether oxygens (including phenoxy) is 2. The molecule has 4 rings (SSSR count). The van der Waals surface area contributed by atoms with Crippen LogP contribution in [-0.4, -0.2) is 42.3 Å². The van der Waals surface area contributed by atoms with Gasteiger partial charge >= 0.3 is 5.97 Å². The van der Waals surface area contributed by atoms with Gasteiger partial charge in [-0.1, -0.05) is 12.1 Å². The maximum atomic E-state index is 13.1. The summed E-state index contributed by atoms with van der Waals surface area (Å²) >= 11 is 0. The number of carboxylic acids is 1. The van der Waals surface area contributed by atoms with Gasteiger partial charge in [0.25, 0.3) is 21.4 Å². The molecule has 1 aliphatic rings. The standard InChI is InChI=1S/C21H15N5O10S/c27-21(28)14-3-1-2-4-15(14)24-37(33,34)20-8-13(25(29)30)5-6-16(20)23-22-10-12-7-18-19(36-11-35-18)9-17(12)26(31)32/h1-10,23-24H,11H2,(H,27,28)/b22-10+. The Morgan fingerprint density at radius 3 is 2.38 bits per heavy atom. The molecule has 0 radical (unpaired) electrons. The fourth-order valence-corrected chi connectivity index (χ4v) is 4.53. The van der Waals surface area contributed by atoms with Crippen molar-refractivity contribution >= 4 is 45.0 Å². The molecule has 1 aliphatic heterocycles. The molecule has 0 fully saturated rings. The van der Waals surface area contributed by atoms with Crippen LogP contribution in [0.3, 0.4) is 0 Å². The number of sulfonamides is 1. The fraction of sp³-hybridized carbons (Fsp3) is 0.0476. The van der Waals surface area contributed by atoms with Gasteiger partial charge in [0.1, 0.15) is 4.90 Å². The number of anilines is 2. The van der Waals surface area contributed by atoms with E-state index in [2.05, 4.69) is 15.2 Å². The van der Waals surface area contributed by atoms with Gasteiger partial charge in [0.2, 0.25) is 6.79 Å². The number of nitro groups is 2. The third kappa shape index (κ3) is 5.22. The number of rotatable bonds is 9. The van der Waals surface area contributed by atoms with Gasteiger partial charge in [0, 0.05) is 12.1 Å². The Morgan fingerprint density at radius 1 is 1.00 bits per heavy atom. The quantitative estimate of drug-likeness (QED) is 0.208. The van der Waals surface area contributed by atoms with E-state index in [1.54, 1.807) is 0 Å². The van der Waals surface area contributed by atoms with Crippen molar-refractivity contribution in [3.8, 4) is 11.5 Å². The van der Waals surface area contributed by atoms with E-state index in [-0.39, 0.29) is 46.5 Å². The number of nitrogens with zero attached hydrogens (tertiary/aromatic N) is 3. The minimum atomic E-state index is -4.58. The highest BCUT2D eigenvalue weighted by Crippen LogP contribution is 2.37. The Morgan fingerprint density at radius 2 is 1.70 bits per heavy atom. The summed E-state index contributed by atoms with van der Waals surface area (Å²) in [7, 11) is -4.58. The Hall–Kier alpha value is -5.25. The van der Waals surface area contributed by atoms with Gasteiger partial charge in [-0.15, -0.1) is 0 Å². The van der Waals surface area contributed by atoms with Crippen molar-refractivity contribution in [1.29, 1.82) is 0 Å². The van der Waals surface area contributed by atoms with Crippen molar-refractivity contribution in [2.24, 2.45) is 5.10 Å². The van der Waals surface area contributed by atoms with E-state index in [1.165, 1.54) is 30.3 Å². The predicted molar refractivity (Wildman–Crippen MR) is 128 cm³/mol. The molecular formula is C21H15N5O10S. The molecule has 0 unspecified atom stereocenters. The number of aromatic carboxylic acids is 1. The molecule has 37 heavy (non-hydrogen) atoms. The number of carbonyl (C=O) groups is 1. The second kappa shape index (κ2) is 9.78. The average molecular weight is 529 g/mol. The first-order valence-electron chi connectivity index (χ1n) is 10.1. The van der Waals surface area contributed by atoms with Gasteiger partial charge < -0.3 is 14.6 Å². The van der Waals surface area contributed by atoms with Crippen molar-refractivity contribution in [3.05, 3.63) is 86.0 Å². The number of para-hydroxylation sites is 1. The molecule has 0 saturated heterocycles. The van der Waals surface area contributed by atoms with Gasteiger partial charge in [-0.05, 0) is 24.3 Å². The molecule has 1 heterocycles. The van der Waals surface area contributed by atoms with E-state index < -0.39 is 36.4 Å². The van der Waals surface area contributed by atoms with Crippen molar-refractivity contribution in [3.63, 3.8) is 0 Å². The van der Waals surface area contributed by atoms with Crippen LogP contribution in [-0.2, 0) is 10.0 Å². The first kappa shape index (κ1) is 24.9. The van der Waals surface area contributed by atoms with Crippen LogP contribution in [0.15, 0.2) is 64.6 Å². The lowest BCUT2D eigenvalue weighted by Gasteiger charge is -2.13. The number of hydrogen-bond donors (Lipinski definition) is 3. The van der Waals surface area contributed by atoms with Crippen molar-refractivity contribution in [1.82, 2.24) is 0 Å². The number of carboxylic acid groups (broad SMARTS) is 1. The molecule has 3 aromatic carbocycles. The molecule has 15 nitrogen and oxygen atoms in total. The van der Waals surface area contributed by atoms with E-state index in [0.29, 0.717) is 0 Å². The smallest absolute Gasteiger partial charge is 0.337 e. The lowest BCUT2D eigenvalue weighted by Crippen LogP contribution is -2.17. The van der Waals surface area contributed by atoms with Crippen LogP contribution in [0.25, 0.3) is 0 Å². The molecule has 0 aliphatic carbocycles. The fourth-order valence-electron chi connectivity index (χ4n) is 3.28. The molecule has 0 aromatic heterocycles. The molecule has 0 saturated carbocycles. The molecule has 16 heteroatoms. The zero-order chi connectivity index (χ0) is 26.7. The largest absolute Gasteiger partial charge is 0.478 e. The first-order chi connectivity index (χ1) is 17.6. The van der Waals surface area contributed by atoms with E-state index in [0.717, 1.165) is 30.5 Å². The molecule has 0 amide bonds. The number of nitrogens with one attached hydrogen (secondary N) is 2. The van der Waals surface area contributed by atoms with Crippen LogP contribution in [0, 0.1) is 20.2 Å². The monoisotopic (exact) mass is 529 g/mol. The summed E-state index contributed by atoms with van der Waals surface area (Å²) in [5, 5.41) is 35.9. The maximum Gasteiger partial charge on any atom is 0.337 e. The second-order valence-electron chi connectivity index (χ2n) is 7.29. The lowest BCUT2D eigenvalue weighted by atomic mass is 10.1. The molecule has 190 valence electrons. The maximum absolute atomic E-state index is 13.1. The Balaban J connectivity index is 1.70. The van der Waals surface area contributed by atoms with Crippen LogP contribution in [0.2, 0.25) is 0 Å². The Labute approximate surface area is 207 Å². The summed E-state index contributed by atoms with van der Waals surface area (Å²) in [6, 6.07) is 10.5. The van der Waals surface area contributed by atoms with Gasteiger partial charge in [-0.3, -0.25) is 30.4 Å². The van der Waals surface area contributed by atoms with Crippen LogP contribution in [0.1, 0.15) is 15.9 Å². The molecule has 3 N–H and O–H groups in total. The van der Waals surface area contributed by atoms with Gasteiger partial charge in [0.05, 0.1) is 44.6 Å². The zero-order valence-corrected chi connectivity index (χ0v) is 19.2. The van der Waals surface area contributed by atoms with Crippen molar-refractivity contribution in [2.75, 3.05) is 16.9 Å². The number of hydrazone groups is 1. The molecule has 3 aromatic rings.